The number of carbonyl (C=O) groups is 2. The molecular weight excluding hydrogens is 228 g/mol. The van der Waals surface area contributed by atoms with E-state index in [4.69, 9.17) is 5.73 Å². The summed E-state index contributed by atoms with van der Waals surface area (Å²) in [4.78, 5) is 23.1. The van der Waals surface area contributed by atoms with Crippen LogP contribution in [-0.4, -0.2) is 11.8 Å². The van der Waals surface area contributed by atoms with Crippen molar-refractivity contribution >= 4 is 11.8 Å². The molecule has 4 nitrogen and oxygen atoms in total. The molecule has 3 N–H and O–H groups in total. The van der Waals surface area contributed by atoms with Gasteiger partial charge in [-0.15, -0.1) is 0 Å². The molecule has 2 amide bonds. The number of hydrogen-bond donors (Lipinski definition) is 2. The van der Waals surface area contributed by atoms with E-state index >= 15 is 0 Å². The van der Waals surface area contributed by atoms with E-state index < -0.39 is 11.8 Å². The lowest BCUT2D eigenvalue weighted by molar-refractivity contribution is -0.134. The summed E-state index contributed by atoms with van der Waals surface area (Å²) in [5, 5.41) is 2.88. The van der Waals surface area contributed by atoms with E-state index in [1.165, 1.54) is 0 Å². The number of amides is 2. The van der Waals surface area contributed by atoms with Gasteiger partial charge in [-0.1, -0.05) is 44.2 Å². The summed E-state index contributed by atoms with van der Waals surface area (Å²) < 4.78 is 0. The molecule has 18 heavy (non-hydrogen) atoms. The molecule has 0 aliphatic rings. The van der Waals surface area contributed by atoms with Crippen LogP contribution in [0, 0.1) is 5.92 Å². The van der Waals surface area contributed by atoms with Gasteiger partial charge in [0.1, 0.15) is 5.92 Å². The Morgan fingerprint density at radius 3 is 2.22 bits per heavy atom. The molecule has 1 unspecified atom stereocenters. The third-order valence-corrected chi connectivity index (χ3v) is 2.99. The average molecular weight is 248 g/mol. The largest absolute Gasteiger partial charge is 0.369 e. The Morgan fingerprint density at radius 1 is 1.17 bits per heavy atom. The Hall–Kier alpha value is -1.84. The fourth-order valence-corrected chi connectivity index (χ4v) is 1.89. The molecule has 0 saturated heterocycles. The maximum absolute atomic E-state index is 11.9. The van der Waals surface area contributed by atoms with E-state index in [2.05, 4.69) is 5.32 Å². The highest BCUT2D eigenvalue weighted by Gasteiger charge is 2.24. The summed E-state index contributed by atoms with van der Waals surface area (Å²) >= 11 is 0. The number of carbonyl (C=O) groups excluding carboxylic acids is 2. The van der Waals surface area contributed by atoms with Crippen molar-refractivity contribution in [2.75, 3.05) is 0 Å². The van der Waals surface area contributed by atoms with Crippen LogP contribution >= 0.6 is 0 Å². The highest BCUT2D eigenvalue weighted by Crippen LogP contribution is 2.17. The fourth-order valence-electron chi connectivity index (χ4n) is 1.89. The van der Waals surface area contributed by atoms with Crippen LogP contribution in [0.5, 0.6) is 0 Å². The van der Waals surface area contributed by atoms with Crippen molar-refractivity contribution < 1.29 is 9.59 Å². The second kappa shape index (κ2) is 6.79. The quantitative estimate of drug-likeness (QED) is 0.753. The van der Waals surface area contributed by atoms with E-state index in [1.54, 1.807) is 6.92 Å². The molecule has 0 heterocycles. The van der Waals surface area contributed by atoms with Crippen LogP contribution in [0.1, 0.15) is 38.3 Å². The zero-order chi connectivity index (χ0) is 13.5. The summed E-state index contributed by atoms with van der Waals surface area (Å²) in [5.74, 6) is -1.61. The first kappa shape index (κ1) is 14.2. The smallest absolute Gasteiger partial charge is 0.233 e. The first-order valence-electron chi connectivity index (χ1n) is 6.24. The maximum atomic E-state index is 11.9. The molecule has 0 saturated carbocycles. The molecule has 0 fully saturated rings. The first-order valence-corrected chi connectivity index (χ1v) is 6.24. The molecule has 98 valence electrons. The molecule has 0 spiro atoms. The summed E-state index contributed by atoms with van der Waals surface area (Å²) in [6.45, 7) is 3.77. The predicted molar refractivity (Wildman–Crippen MR) is 70.6 cm³/mol. The van der Waals surface area contributed by atoms with Crippen molar-refractivity contribution in [1.82, 2.24) is 5.32 Å². The molecule has 2 atom stereocenters. The Balaban J connectivity index is 2.75. The highest BCUT2D eigenvalue weighted by molar-refractivity contribution is 5.99. The van der Waals surface area contributed by atoms with Crippen LogP contribution in [0.4, 0.5) is 0 Å². The van der Waals surface area contributed by atoms with Gasteiger partial charge in [0.05, 0.1) is 6.04 Å². The van der Waals surface area contributed by atoms with Gasteiger partial charge in [-0.25, -0.2) is 0 Å². The van der Waals surface area contributed by atoms with Gasteiger partial charge in [0.2, 0.25) is 11.8 Å². The van der Waals surface area contributed by atoms with Gasteiger partial charge < -0.3 is 11.1 Å². The molecule has 0 aromatic heterocycles. The summed E-state index contributed by atoms with van der Waals surface area (Å²) in [6, 6.07) is 9.62. The van der Waals surface area contributed by atoms with Crippen LogP contribution in [0.25, 0.3) is 0 Å². The lowest BCUT2D eigenvalue weighted by Crippen LogP contribution is -2.40. The number of rotatable bonds is 6. The van der Waals surface area contributed by atoms with Crippen molar-refractivity contribution in [3.63, 3.8) is 0 Å². The van der Waals surface area contributed by atoms with Crippen LogP contribution in [0.15, 0.2) is 30.3 Å². The molecular formula is C14H20N2O2. The van der Waals surface area contributed by atoms with Crippen LogP contribution in [-0.2, 0) is 9.59 Å². The number of primary amides is 1. The number of nitrogens with two attached hydrogens (primary N) is 1. The number of hydrogen-bond acceptors (Lipinski definition) is 2. The topological polar surface area (TPSA) is 72.2 Å². The minimum absolute atomic E-state index is 0.0768. The van der Waals surface area contributed by atoms with Gasteiger partial charge in [-0.2, -0.15) is 0 Å². The predicted octanol–water partition coefficient (Wildman–Crippen LogP) is 1.77. The number of nitrogens with one attached hydrogen (secondary N) is 1. The minimum atomic E-state index is -0.747. The van der Waals surface area contributed by atoms with Crippen LogP contribution in [0.3, 0.4) is 0 Å². The fraction of sp³-hybridized carbons (Fsp3) is 0.429. The maximum Gasteiger partial charge on any atom is 0.233 e. The van der Waals surface area contributed by atoms with Crippen molar-refractivity contribution in [3.05, 3.63) is 35.9 Å². The molecule has 0 radical (unpaired) electrons. The van der Waals surface area contributed by atoms with E-state index in [1.807, 2.05) is 37.3 Å². The van der Waals surface area contributed by atoms with Crippen LogP contribution in [0.2, 0.25) is 0 Å². The summed E-state index contributed by atoms with van der Waals surface area (Å²) in [6.07, 6.45) is 1.19. The molecule has 1 aromatic rings. The van der Waals surface area contributed by atoms with E-state index in [0.29, 0.717) is 6.42 Å². The van der Waals surface area contributed by atoms with Crippen molar-refractivity contribution in [1.29, 1.82) is 0 Å². The second-order valence-electron chi connectivity index (χ2n) is 4.24. The molecule has 0 bridgehead atoms. The SMILES string of the molecule is CCC(C(N)=O)C(=O)N[C@H](CC)c1ccccc1. The Kier molecular flexibility index (Phi) is 5.36. The van der Waals surface area contributed by atoms with Gasteiger partial charge in [-0.3, -0.25) is 9.59 Å². The van der Waals surface area contributed by atoms with E-state index in [0.717, 1.165) is 12.0 Å². The van der Waals surface area contributed by atoms with Crippen molar-refractivity contribution in [2.24, 2.45) is 11.7 Å². The molecule has 0 aliphatic carbocycles. The van der Waals surface area contributed by atoms with E-state index in [9.17, 15) is 9.59 Å². The Morgan fingerprint density at radius 2 is 1.78 bits per heavy atom. The normalized spacial score (nSPS) is 13.7. The third-order valence-electron chi connectivity index (χ3n) is 2.99. The monoisotopic (exact) mass is 248 g/mol. The van der Waals surface area contributed by atoms with Gasteiger partial charge in [-0.05, 0) is 18.4 Å². The molecule has 1 aromatic carbocycles. The highest BCUT2D eigenvalue weighted by atomic mass is 16.2. The van der Waals surface area contributed by atoms with E-state index in [-0.39, 0.29) is 11.9 Å². The molecule has 4 heteroatoms. The lowest BCUT2D eigenvalue weighted by Gasteiger charge is -2.20. The van der Waals surface area contributed by atoms with Crippen molar-refractivity contribution in [2.45, 2.75) is 32.7 Å². The standard InChI is InChI=1S/C14H20N2O2/c1-3-11(13(15)17)14(18)16-12(4-2)10-8-6-5-7-9-10/h5-9,11-12H,3-4H2,1-2H3,(H2,15,17)(H,16,18)/t11?,12-/m1/s1. The zero-order valence-electron chi connectivity index (χ0n) is 10.8. The van der Waals surface area contributed by atoms with Gasteiger partial charge in [0, 0.05) is 0 Å². The second-order valence-corrected chi connectivity index (χ2v) is 4.24. The first-order chi connectivity index (χ1) is 8.60. The van der Waals surface area contributed by atoms with Crippen molar-refractivity contribution in [3.8, 4) is 0 Å². The Labute approximate surface area is 108 Å². The zero-order valence-corrected chi connectivity index (χ0v) is 10.8. The molecule has 1 rings (SSSR count). The minimum Gasteiger partial charge on any atom is -0.369 e. The summed E-state index contributed by atoms with van der Waals surface area (Å²) in [7, 11) is 0. The third kappa shape index (κ3) is 3.58. The molecule has 0 aliphatic heterocycles. The Bertz CT molecular complexity index is 404. The van der Waals surface area contributed by atoms with Gasteiger partial charge in [0.15, 0.2) is 0 Å². The van der Waals surface area contributed by atoms with Gasteiger partial charge in [0.25, 0.3) is 0 Å². The van der Waals surface area contributed by atoms with Crippen LogP contribution < -0.4 is 11.1 Å². The lowest BCUT2D eigenvalue weighted by atomic mass is 10.0. The average Bonchev–Trinajstić information content (AvgIpc) is 2.37. The summed E-state index contributed by atoms with van der Waals surface area (Å²) in [5.41, 5.74) is 6.24. The number of benzene rings is 1. The van der Waals surface area contributed by atoms with Gasteiger partial charge >= 0.3 is 0 Å².